The molecule has 0 saturated carbocycles. The zero-order chi connectivity index (χ0) is 20.4. The predicted octanol–water partition coefficient (Wildman–Crippen LogP) is 2.33. The number of aliphatic imine (C=N–C) groups is 1. The van der Waals surface area contributed by atoms with E-state index >= 15 is 0 Å². The van der Waals surface area contributed by atoms with Crippen LogP contribution in [0, 0.1) is 17.3 Å². The van der Waals surface area contributed by atoms with Crippen LogP contribution < -0.4 is 0 Å². The highest BCUT2D eigenvalue weighted by Crippen LogP contribution is 2.54. The first-order chi connectivity index (χ1) is 13.9. The highest BCUT2D eigenvalue weighted by Gasteiger charge is 2.60. The quantitative estimate of drug-likeness (QED) is 0.704. The van der Waals surface area contributed by atoms with E-state index in [-0.39, 0.29) is 23.7 Å². The Morgan fingerprint density at radius 2 is 2.07 bits per heavy atom. The van der Waals surface area contributed by atoms with E-state index in [2.05, 4.69) is 12.7 Å². The second-order valence-electron chi connectivity index (χ2n) is 9.64. The molecule has 0 radical (unpaired) electrons. The fourth-order valence-electron chi connectivity index (χ4n) is 6.43. The number of allylic oxidation sites excluding steroid dienone is 2. The molecule has 5 rings (SSSR count). The molecule has 6 heteroatoms. The lowest BCUT2D eigenvalue weighted by Crippen LogP contribution is -2.58. The lowest BCUT2D eigenvalue weighted by atomic mass is 9.59. The first-order valence-corrected chi connectivity index (χ1v) is 11.0. The summed E-state index contributed by atoms with van der Waals surface area (Å²) in [7, 11) is 0. The largest absolute Gasteiger partial charge is 0.387 e. The Bertz CT molecular complexity index is 790. The van der Waals surface area contributed by atoms with Crippen molar-refractivity contribution >= 4 is 11.5 Å². The minimum atomic E-state index is -1.07. The third-order valence-corrected chi connectivity index (χ3v) is 8.01. The third-order valence-electron chi connectivity index (χ3n) is 8.01. The van der Waals surface area contributed by atoms with Crippen LogP contribution in [-0.4, -0.2) is 58.5 Å². The SMILES string of the molecule is C=CC1=CC2C3OC4(CCC(O4)C(C)CC(O)C3=O)CC(O)C3=NCCC32CC1. The molecule has 3 bridgehead atoms. The van der Waals surface area contributed by atoms with E-state index in [4.69, 9.17) is 14.5 Å². The average Bonchev–Trinajstić information content (AvgIpc) is 3.31. The fourth-order valence-corrected chi connectivity index (χ4v) is 6.43. The lowest BCUT2D eigenvalue weighted by molar-refractivity contribution is -0.268. The highest BCUT2D eigenvalue weighted by molar-refractivity contribution is 5.98. The lowest BCUT2D eigenvalue weighted by Gasteiger charge is -2.49. The van der Waals surface area contributed by atoms with Crippen molar-refractivity contribution in [2.24, 2.45) is 22.2 Å². The molecule has 8 unspecified atom stereocenters. The van der Waals surface area contributed by atoms with Crippen LogP contribution >= 0.6 is 0 Å². The van der Waals surface area contributed by atoms with Gasteiger partial charge in [-0.2, -0.15) is 0 Å². The standard InChI is InChI=1S/C23H31NO5/c1-3-14-4-6-22-8-9-24-21(22)17(26)12-23-7-5-18(28-23)13(2)10-16(25)19(27)20(29-23)15(22)11-14/h3,11,13,15-18,20,25-26H,1,4-10,12H2,2H3. The van der Waals surface area contributed by atoms with Crippen LogP contribution in [0.5, 0.6) is 0 Å². The maximum absolute atomic E-state index is 13.5. The number of nitrogens with zero attached hydrogens (tertiary/aromatic N) is 1. The molecule has 5 aliphatic rings. The van der Waals surface area contributed by atoms with E-state index in [0.717, 1.165) is 37.0 Å². The Kier molecular flexibility index (Phi) is 4.63. The number of ketones is 1. The summed E-state index contributed by atoms with van der Waals surface area (Å²) in [6.07, 6.45) is 5.79. The van der Waals surface area contributed by atoms with Gasteiger partial charge in [0.2, 0.25) is 0 Å². The van der Waals surface area contributed by atoms with E-state index in [1.165, 1.54) is 0 Å². The van der Waals surface area contributed by atoms with Crippen LogP contribution in [0.15, 0.2) is 29.3 Å². The Balaban J connectivity index is 1.67. The number of carbonyl (C=O) groups excluding carboxylic acids is 1. The summed E-state index contributed by atoms with van der Waals surface area (Å²) in [6.45, 7) is 6.59. The average molecular weight is 402 g/mol. The highest BCUT2D eigenvalue weighted by atomic mass is 16.7. The van der Waals surface area contributed by atoms with Crippen LogP contribution in [0.1, 0.15) is 51.9 Å². The number of aliphatic hydroxyl groups excluding tert-OH is 2. The molecule has 6 nitrogen and oxygen atoms in total. The molecular formula is C23H31NO5. The van der Waals surface area contributed by atoms with E-state index in [1.54, 1.807) is 0 Å². The second-order valence-corrected chi connectivity index (χ2v) is 9.64. The van der Waals surface area contributed by atoms with Crippen molar-refractivity contribution < 1.29 is 24.5 Å². The van der Waals surface area contributed by atoms with Gasteiger partial charge in [0.1, 0.15) is 12.2 Å². The zero-order valence-electron chi connectivity index (χ0n) is 17.0. The molecule has 0 aromatic carbocycles. The van der Waals surface area contributed by atoms with Crippen molar-refractivity contribution in [1.29, 1.82) is 0 Å². The van der Waals surface area contributed by atoms with Crippen molar-refractivity contribution in [3.8, 4) is 0 Å². The van der Waals surface area contributed by atoms with Gasteiger partial charge in [0.15, 0.2) is 11.6 Å². The number of carbonyl (C=O) groups is 1. The normalized spacial score (nSPS) is 49.4. The zero-order valence-corrected chi connectivity index (χ0v) is 17.0. The minimum absolute atomic E-state index is 0.0486. The number of rotatable bonds is 1. The van der Waals surface area contributed by atoms with Crippen molar-refractivity contribution in [2.45, 2.75) is 82.1 Å². The summed E-state index contributed by atoms with van der Waals surface area (Å²) in [6, 6.07) is 0. The number of hydrogen-bond donors (Lipinski definition) is 2. The number of Topliss-reactive ketones (excluding diaryl/α,β-unsaturated/α-hetero) is 1. The Morgan fingerprint density at radius 1 is 1.24 bits per heavy atom. The van der Waals surface area contributed by atoms with E-state index < -0.39 is 29.5 Å². The van der Waals surface area contributed by atoms with Gasteiger partial charge in [-0.1, -0.05) is 31.2 Å². The van der Waals surface area contributed by atoms with Crippen molar-refractivity contribution in [3.63, 3.8) is 0 Å². The molecule has 8 atom stereocenters. The summed E-state index contributed by atoms with van der Waals surface area (Å²) in [5.74, 6) is -1.50. The molecule has 0 aromatic rings. The van der Waals surface area contributed by atoms with Gasteiger partial charge in [0.05, 0.1) is 12.2 Å². The Labute approximate surface area is 171 Å². The first-order valence-electron chi connectivity index (χ1n) is 11.0. The van der Waals surface area contributed by atoms with E-state index in [1.807, 2.05) is 13.0 Å². The molecular weight excluding hydrogens is 370 g/mol. The van der Waals surface area contributed by atoms with E-state index in [0.29, 0.717) is 25.8 Å². The maximum Gasteiger partial charge on any atom is 0.190 e. The van der Waals surface area contributed by atoms with Crippen molar-refractivity contribution in [2.75, 3.05) is 6.54 Å². The molecule has 4 aliphatic heterocycles. The van der Waals surface area contributed by atoms with Gasteiger partial charge in [-0.05, 0) is 38.0 Å². The van der Waals surface area contributed by atoms with Gasteiger partial charge in [0, 0.05) is 36.4 Å². The summed E-state index contributed by atoms with van der Waals surface area (Å²) >= 11 is 0. The van der Waals surface area contributed by atoms with E-state index in [9.17, 15) is 15.0 Å². The molecule has 0 amide bonds. The molecule has 4 heterocycles. The van der Waals surface area contributed by atoms with Gasteiger partial charge in [0.25, 0.3) is 0 Å². The van der Waals surface area contributed by atoms with Gasteiger partial charge in [-0.15, -0.1) is 0 Å². The maximum atomic E-state index is 13.5. The molecule has 1 aliphatic carbocycles. The van der Waals surface area contributed by atoms with Gasteiger partial charge >= 0.3 is 0 Å². The summed E-state index contributed by atoms with van der Waals surface area (Å²) < 4.78 is 12.9. The first kappa shape index (κ1) is 19.6. The molecule has 3 saturated heterocycles. The summed E-state index contributed by atoms with van der Waals surface area (Å²) in [4.78, 5) is 18.2. The third kappa shape index (κ3) is 2.91. The molecule has 0 aromatic heterocycles. The van der Waals surface area contributed by atoms with Crippen LogP contribution in [0.25, 0.3) is 0 Å². The van der Waals surface area contributed by atoms with Crippen molar-refractivity contribution in [3.05, 3.63) is 24.3 Å². The molecule has 3 fully saturated rings. The molecule has 2 N–H and O–H groups in total. The Morgan fingerprint density at radius 3 is 2.86 bits per heavy atom. The fraction of sp³-hybridized carbons (Fsp3) is 0.739. The molecule has 2 spiro atoms. The smallest absolute Gasteiger partial charge is 0.190 e. The van der Waals surface area contributed by atoms with Crippen LogP contribution in [0.4, 0.5) is 0 Å². The minimum Gasteiger partial charge on any atom is -0.387 e. The van der Waals surface area contributed by atoms with Gasteiger partial charge < -0.3 is 19.7 Å². The van der Waals surface area contributed by atoms with Crippen LogP contribution in [-0.2, 0) is 14.3 Å². The number of hydrogen-bond acceptors (Lipinski definition) is 6. The monoisotopic (exact) mass is 401 g/mol. The second kappa shape index (κ2) is 6.84. The predicted molar refractivity (Wildman–Crippen MR) is 107 cm³/mol. The number of aliphatic hydroxyl groups is 2. The van der Waals surface area contributed by atoms with Gasteiger partial charge in [-0.25, -0.2) is 0 Å². The number of fused-ring (bicyclic) bond motifs is 3. The summed E-state index contributed by atoms with van der Waals surface area (Å²) in [5.41, 5.74) is 1.49. The molecule has 158 valence electrons. The van der Waals surface area contributed by atoms with Crippen LogP contribution in [0.2, 0.25) is 0 Å². The summed E-state index contributed by atoms with van der Waals surface area (Å²) in [5, 5.41) is 22.0. The van der Waals surface area contributed by atoms with Crippen molar-refractivity contribution in [1.82, 2.24) is 0 Å². The Hall–Kier alpha value is -1.34. The topological polar surface area (TPSA) is 88.3 Å². The van der Waals surface area contributed by atoms with Gasteiger partial charge in [-0.3, -0.25) is 9.79 Å². The van der Waals surface area contributed by atoms with Crippen LogP contribution in [0.3, 0.4) is 0 Å². The number of ether oxygens (including phenoxy) is 2. The molecule has 29 heavy (non-hydrogen) atoms.